The van der Waals surface area contributed by atoms with Crippen molar-refractivity contribution in [2.75, 3.05) is 25.2 Å². The number of carboxylic acids is 2. The SMILES string of the molecule is CSCC[C@H](NC(=O)[C@@H](NC(=O)[C@@H](N)CO)C(C)C)C(=O)N[C@@H](CO)C(=O)N[C@H](C(=O)N[C@@H](CCC(=O)O)C(=O)O)[C@@H](C)O. The second kappa shape index (κ2) is 20.4. The van der Waals surface area contributed by atoms with Gasteiger partial charge in [-0.1, -0.05) is 13.8 Å². The van der Waals surface area contributed by atoms with Crippen LogP contribution in [0.1, 0.15) is 40.0 Å². The van der Waals surface area contributed by atoms with Gasteiger partial charge in [0, 0.05) is 6.42 Å². The highest BCUT2D eigenvalue weighted by molar-refractivity contribution is 7.98. The van der Waals surface area contributed by atoms with Crippen molar-refractivity contribution in [1.82, 2.24) is 26.6 Å². The molecule has 0 aliphatic heterocycles. The minimum absolute atomic E-state index is 0.0685. The molecule has 7 atom stereocenters. The summed E-state index contributed by atoms with van der Waals surface area (Å²) in [6, 6.07) is -8.76. The van der Waals surface area contributed by atoms with Crippen LogP contribution in [0.3, 0.4) is 0 Å². The summed E-state index contributed by atoms with van der Waals surface area (Å²) in [5.74, 6) is -7.71. The Hall–Kier alpha value is -3.52. The number of thioether (sulfide) groups is 1. The van der Waals surface area contributed by atoms with E-state index in [0.717, 1.165) is 6.92 Å². The van der Waals surface area contributed by atoms with Crippen LogP contribution in [-0.4, -0.2) is 135 Å². The summed E-state index contributed by atoms with van der Waals surface area (Å²) >= 11 is 1.34. The Balaban J connectivity index is 5.71. The van der Waals surface area contributed by atoms with Crippen LogP contribution in [0.15, 0.2) is 0 Å². The van der Waals surface area contributed by atoms with Gasteiger partial charge in [0.15, 0.2) is 0 Å². The molecule has 0 aromatic carbocycles. The topological polar surface area (TPSA) is 307 Å². The Morgan fingerprint density at radius 2 is 1.18 bits per heavy atom. The number of aliphatic hydroxyl groups is 3. The third kappa shape index (κ3) is 14.3. The zero-order chi connectivity index (χ0) is 34.1. The third-order valence-electron chi connectivity index (χ3n) is 6.16. The van der Waals surface area contributed by atoms with Gasteiger partial charge in [-0.05, 0) is 37.7 Å². The van der Waals surface area contributed by atoms with E-state index in [9.17, 15) is 48.9 Å². The van der Waals surface area contributed by atoms with Gasteiger partial charge in [0.05, 0.1) is 19.3 Å². The highest BCUT2D eigenvalue weighted by atomic mass is 32.2. The fourth-order valence-electron chi connectivity index (χ4n) is 3.56. The summed E-state index contributed by atoms with van der Waals surface area (Å²) in [5, 5.41) is 58.4. The van der Waals surface area contributed by atoms with Crippen LogP contribution in [0, 0.1) is 5.92 Å². The van der Waals surface area contributed by atoms with E-state index >= 15 is 0 Å². The van der Waals surface area contributed by atoms with Gasteiger partial charge < -0.3 is 57.9 Å². The van der Waals surface area contributed by atoms with Gasteiger partial charge in [-0.25, -0.2) is 4.79 Å². The molecule has 0 unspecified atom stereocenters. The molecule has 0 radical (unpaired) electrons. The summed E-state index contributed by atoms with van der Waals surface area (Å²) in [6.07, 6.45) is -0.842. The Bertz CT molecular complexity index is 1010. The minimum atomic E-state index is -1.76. The molecule has 0 bridgehead atoms. The molecule has 0 saturated carbocycles. The van der Waals surface area contributed by atoms with Gasteiger partial charge >= 0.3 is 11.9 Å². The van der Waals surface area contributed by atoms with Crippen molar-refractivity contribution >= 4 is 53.2 Å². The predicted octanol–water partition coefficient (Wildman–Crippen LogP) is -4.54. The molecule has 0 heterocycles. The Morgan fingerprint density at radius 1 is 0.682 bits per heavy atom. The molecule has 0 aliphatic carbocycles. The molecule has 12 N–H and O–H groups in total. The molecule has 0 fully saturated rings. The van der Waals surface area contributed by atoms with Crippen molar-refractivity contribution < 1.29 is 59.1 Å². The smallest absolute Gasteiger partial charge is 0.326 e. The lowest BCUT2D eigenvalue weighted by Crippen LogP contribution is -2.62. The van der Waals surface area contributed by atoms with E-state index in [1.165, 1.54) is 11.8 Å². The fraction of sp³-hybridized carbons (Fsp3) is 0.720. The van der Waals surface area contributed by atoms with Crippen LogP contribution in [0.4, 0.5) is 0 Å². The van der Waals surface area contributed by atoms with Crippen molar-refractivity contribution in [1.29, 1.82) is 0 Å². The summed E-state index contributed by atoms with van der Waals surface area (Å²) in [4.78, 5) is 86.1. The molecule has 0 aromatic rings. The second-order valence-corrected chi connectivity index (χ2v) is 11.2. The zero-order valence-electron chi connectivity index (χ0n) is 24.9. The second-order valence-electron chi connectivity index (χ2n) is 10.2. The number of carboxylic acid groups (broad SMARTS) is 2. The first-order valence-electron chi connectivity index (χ1n) is 13.6. The fourth-order valence-corrected chi connectivity index (χ4v) is 4.03. The van der Waals surface area contributed by atoms with E-state index in [0.29, 0.717) is 5.75 Å². The largest absolute Gasteiger partial charge is 0.481 e. The average Bonchev–Trinajstić information content (AvgIpc) is 2.95. The third-order valence-corrected chi connectivity index (χ3v) is 6.81. The van der Waals surface area contributed by atoms with E-state index in [-0.39, 0.29) is 6.42 Å². The minimum Gasteiger partial charge on any atom is -0.481 e. The highest BCUT2D eigenvalue weighted by Crippen LogP contribution is 2.07. The normalized spacial score (nSPS) is 15.8. The molecule has 0 rings (SSSR count). The maximum Gasteiger partial charge on any atom is 0.326 e. The quantitative estimate of drug-likeness (QED) is 0.0557. The summed E-state index contributed by atoms with van der Waals surface area (Å²) in [5.41, 5.74) is 5.50. The summed E-state index contributed by atoms with van der Waals surface area (Å²) in [7, 11) is 0. The van der Waals surface area contributed by atoms with E-state index in [2.05, 4.69) is 21.3 Å². The number of nitrogens with two attached hydrogens (primary N) is 1. The first-order chi connectivity index (χ1) is 20.5. The van der Waals surface area contributed by atoms with Crippen molar-refractivity contribution in [3.8, 4) is 0 Å². The van der Waals surface area contributed by atoms with Gasteiger partial charge in [0.1, 0.15) is 36.3 Å². The molecule has 0 spiro atoms. The summed E-state index contributed by atoms with van der Waals surface area (Å²) < 4.78 is 0. The van der Waals surface area contributed by atoms with Gasteiger partial charge in [-0.3, -0.25) is 28.8 Å². The Kier molecular flexibility index (Phi) is 18.8. The van der Waals surface area contributed by atoms with E-state index < -0.39 is 116 Å². The number of carbonyl (C=O) groups is 7. The number of hydrogen-bond acceptors (Lipinski definition) is 12. The van der Waals surface area contributed by atoms with Crippen LogP contribution in [-0.2, 0) is 33.6 Å². The molecular weight excluding hydrogens is 608 g/mol. The van der Waals surface area contributed by atoms with Gasteiger partial charge in [-0.15, -0.1) is 0 Å². The molecule has 252 valence electrons. The lowest BCUT2D eigenvalue weighted by molar-refractivity contribution is -0.144. The zero-order valence-corrected chi connectivity index (χ0v) is 25.8. The van der Waals surface area contributed by atoms with Crippen LogP contribution < -0.4 is 32.3 Å². The molecule has 44 heavy (non-hydrogen) atoms. The van der Waals surface area contributed by atoms with Crippen molar-refractivity contribution in [2.45, 2.75) is 82.4 Å². The number of aliphatic hydroxyl groups excluding tert-OH is 3. The van der Waals surface area contributed by atoms with Gasteiger partial charge in [0.25, 0.3) is 0 Å². The average molecular weight is 653 g/mol. The van der Waals surface area contributed by atoms with Crippen LogP contribution >= 0.6 is 11.8 Å². The maximum atomic E-state index is 13.1. The van der Waals surface area contributed by atoms with E-state index in [1.54, 1.807) is 20.1 Å². The predicted molar refractivity (Wildman–Crippen MR) is 156 cm³/mol. The standard InChI is InChI=1S/C25H44N6O12S/c1-11(2)18(30-20(37)13(26)9-32)23(40)27-14(7-8-44-4)21(38)29-16(10-33)22(39)31-19(12(3)34)24(41)28-15(25(42)43)5-6-17(35)36/h11-16,18-19,32-34H,5-10,26H2,1-4H3,(H,27,40)(H,28,41)(H,29,38)(H,30,37)(H,31,39)(H,35,36)(H,42,43)/t12-,13+,14+,15+,16+,18+,19+/m1/s1. The van der Waals surface area contributed by atoms with E-state index in [4.69, 9.17) is 15.9 Å². The molecule has 0 aromatic heterocycles. The first kappa shape index (κ1) is 40.5. The Morgan fingerprint density at radius 3 is 1.64 bits per heavy atom. The molecule has 0 saturated heterocycles. The highest BCUT2D eigenvalue weighted by Gasteiger charge is 2.34. The molecule has 5 amide bonds. The number of nitrogens with one attached hydrogen (secondary N) is 5. The maximum absolute atomic E-state index is 13.1. The molecular formula is C25H44N6O12S. The van der Waals surface area contributed by atoms with Crippen molar-refractivity contribution in [2.24, 2.45) is 11.7 Å². The van der Waals surface area contributed by atoms with E-state index in [1.807, 2.05) is 5.32 Å². The first-order valence-corrected chi connectivity index (χ1v) is 15.0. The molecule has 18 nitrogen and oxygen atoms in total. The van der Waals surface area contributed by atoms with Gasteiger partial charge in [0.2, 0.25) is 29.5 Å². The number of amides is 5. The number of hydrogen-bond donors (Lipinski definition) is 11. The van der Waals surface area contributed by atoms with Crippen LogP contribution in [0.25, 0.3) is 0 Å². The van der Waals surface area contributed by atoms with Crippen molar-refractivity contribution in [3.05, 3.63) is 0 Å². The monoisotopic (exact) mass is 652 g/mol. The molecule has 19 heteroatoms. The van der Waals surface area contributed by atoms with Gasteiger partial charge in [-0.2, -0.15) is 11.8 Å². The molecule has 0 aliphatic rings. The van der Waals surface area contributed by atoms with Crippen LogP contribution in [0.2, 0.25) is 0 Å². The number of carbonyl (C=O) groups excluding carboxylic acids is 5. The number of rotatable bonds is 21. The lowest BCUT2D eigenvalue weighted by Gasteiger charge is -2.28. The van der Waals surface area contributed by atoms with Crippen molar-refractivity contribution in [3.63, 3.8) is 0 Å². The Labute approximate surface area is 258 Å². The van der Waals surface area contributed by atoms with Crippen LogP contribution in [0.5, 0.6) is 0 Å². The lowest BCUT2D eigenvalue weighted by atomic mass is 10.0. The summed E-state index contributed by atoms with van der Waals surface area (Å²) in [6.45, 7) is 2.71. The number of aliphatic carboxylic acids is 2.